The van der Waals surface area contributed by atoms with Gasteiger partial charge >= 0.3 is 0 Å². The molecule has 0 bridgehead atoms. The Morgan fingerprint density at radius 3 is 2.56 bits per heavy atom. The average molecular weight is 291 g/mol. The first-order valence-electron chi connectivity index (χ1n) is 5.30. The standard InChI is InChI=1S/C11H12Cl2N2O3/c12-8-1-6(14)2-9(13)11(8)15-10(16)5-18-7-3-17-4-7/h1-2,7H,3-5,14H2,(H,15,16). The lowest BCUT2D eigenvalue weighted by Gasteiger charge is -2.25. The molecular formula is C11H12Cl2N2O3. The average Bonchev–Trinajstić information content (AvgIpc) is 2.21. The number of nitrogens with one attached hydrogen (secondary N) is 1. The number of nitrogen functional groups attached to an aromatic ring is 1. The van der Waals surface area contributed by atoms with Gasteiger partial charge in [-0.15, -0.1) is 0 Å². The zero-order valence-electron chi connectivity index (χ0n) is 9.41. The van der Waals surface area contributed by atoms with Crippen molar-refractivity contribution in [1.29, 1.82) is 0 Å². The Morgan fingerprint density at radius 1 is 1.44 bits per heavy atom. The maximum Gasteiger partial charge on any atom is 0.250 e. The molecule has 18 heavy (non-hydrogen) atoms. The highest BCUT2D eigenvalue weighted by molar-refractivity contribution is 6.40. The minimum absolute atomic E-state index is 0.00638. The summed E-state index contributed by atoms with van der Waals surface area (Å²) in [6.45, 7) is 0.985. The third-order valence-electron chi connectivity index (χ3n) is 2.39. The van der Waals surface area contributed by atoms with Gasteiger partial charge in [0.15, 0.2) is 0 Å². The van der Waals surface area contributed by atoms with Gasteiger partial charge in [-0.05, 0) is 12.1 Å². The molecule has 1 amide bonds. The molecule has 0 unspecified atom stereocenters. The Bertz CT molecular complexity index is 441. The lowest BCUT2D eigenvalue weighted by Crippen LogP contribution is -2.38. The van der Waals surface area contributed by atoms with E-state index in [1.54, 1.807) is 0 Å². The minimum Gasteiger partial charge on any atom is -0.399 e. The van der Waals surface area contributed by atoms with E-state index in [0.29, 0.717) is 34.6 Å². The van der Waals surface area contributed by atoms with Gasteiger partial charge < -0.3 is 20.5 Å². The molecule has 0 aliphatic carbocycles. The second-order valence-corrected chi connectivity index (χ2v) is 4.69. The summed E-state index contributed by atoms with van der Waals surface area (Å²) in [5.41, 5.74) is 6.34. The number of hydrogen-bond acceptors (Lipinski definition) is 4. The molecule has 1 aliphatic heterocycles. The number of hydrogen-bond donors (Lipinski definition) is 2. The van der Waals surface area contributed by atoms with E-state index in [-0.39, 0.29) is 18.6 Å². The summed E-state index contributed by atoms with van der Waals surface area (Å²) in [5.74, 6) is -0.324. The van der Waals surface area contributed by atoms with E-state index < -0.39 is 0 Å². The fourth-order valence-electron chi connectivity index (χ4n) is 1.39. The smallest absolute Gasteiger partial charge is 0.250 e. The number of rotatable bonds is 4. The largest absolute Gasteiger partial charge is 0.399 e. The first-order valence-corrected chi connectivity index (χ1v) is 6.05. The number of nitrogens with two attached hydrogens (primary N) is 1. The molecule has 0 aromatic heterocycles. The molecule has 0 spiro atoms. The van der Waals surface area contributed by atoms with Gasteiger partial charge in [0.05, 0.1) is 28.9 Å². The van der Waals surface area contributed by atoms with Crippen LogP contribution in [0.25, 0.3) is 0 Å². The van der Waals surface area contributed by atoms with E-state index >= 15 is 0 Å². The van der Waals surface area contributed by atoms with Gasteiger partial charge in [0.2, 0.25) is 5.91 Å². The summed E-state index contributed by atoms with van der Waals surface area (Å²) in [4.78, 5) is 11.6. The van der Waals surface area contributed by atoms with E-state index in [1.807, 2.05) is 0 Å². The lowest BCUT2D eigenvalue weighted by atomic mass is 10.3. The number of carbonyl (C=O) groups excluding carboxylic acids is 1. The highest BCUT2D eigenvalue weighted by Gasteiger charge is 2.20. The monoisotopic (exact) mass is 290 g/mol. The number of amides is 1. The maximum atomic E-state index is 11.6. The highest BCUT2D eigenvalue weighted by Crippen LogP contribution is 2.32. The van der Waals surface area contributed by atoms with Gasteiger partial charge in [-0.1, -0.05) is 23.2 Å². The van der Waals surface area contributed by atoms with Crippen LogP contribution in [0, 0.1) is 0 Å². The van der Waals surface area contributed by atoms with Crippen LogP contribution >= 0.6 is 23.2 Å². The molecule has 1 aromatic carbocycles. The van der Waals surface area contributed by atoms with Crippen molar-refractivity contribution in [2.45, 2.75) is 6.10 Å². The number of carbonyl (C=O) groups is 1. The van der Waals surface area contributed by atoms with Crippen LogP contribution in [-0.4, -0.2) is 31.8 Å². The zero-order chi connectivity index (χ0) is 13.1. The molecule has 1 aromatic rings. The fourth-order valence-corrected chi connectivity index (χ4v) is 1.99. The molecule has 5 nitrogen and oxygen atoms in total. The topological polar surface area (TPSA) is 73.6 Å². The Balaban J connectivity index is 1.93. The maximum absolute atomic E-state index is 11.6. The van der Waals surface area contributed by atoms with Crippen molar-refractivity contribution in [3.05, 3.63) is 22.2 Å². The molecule has 7 heteroatoms. The molecule has 0 radical (unpaired) electrons. The van der Waals surface area contributed by atoms with E-state index in [0.717, 1.165) is 0 Å². The van der Waals surface area contributed by atoms with Gasteiger partial charge in [-0.3, -0.25) is 4.79 Å². The predicted molar refractivity (Wildman–Crippen MR) is 70.1 cm³/mol. The lowest BCUT2D eigenvalue weighted by molar-refractivity contribution is -0.144. The quantitative estimate of drug-likeness (QED) is 0.831. The summed E-state index contributed by atoms with van der Waals surface area (Å²) in [6.07, 6.45) is -0.00638. The predicted octanol–water partition coefficient (Wildman–Crippen LogP) is 1.93. The van der Waals surface area contributed by atoms with E-state index in [9.17, 15) is 4.79 Å². The second kappa shape index (κ2) is 5.75. The molecule has 1 fully saturated rings. The van der Waals surface area contributed by atoms with Gasteiger partial charge in [-0.2, -0.15) is 0 Å². The van der Waals surface area contributed by atoms with Crippen molar-refractivity contribution in [3.8, 4) is 0 Å². The Labute approximate surface area is 114 Å². The summed E-state index contributed by atoms with van der Waals surface area (Å²) < 4.78 is 10.2. The van der Waals surface area contributed by atoms with Crippen LogP contribution < -0.4 is 11.1 Å². The summed E-state index contributed by atoms with van der Waals surface area (Å²) in [5, 5.41) is 3.17. The highest BCUT2D eigenvalue weighted by atomic mass is 35.5. The second-order valence-electron chi connectivity index (χ2n) is 3.88. The summed E-state index contributed by atoms with van der Waals surface area (Å²) >= 11 is 11.9. The molecular weight excluding hydrogens is 279 g/mol. The van der Waals surface area contributed by atoms with Crippen LogP contribution in [0.3, 0.4) is 0 Å². The van der Waals surface area contributed by atoms with E-state index in [1.165, 1.54) is 12.1 Å². The normalized spacial score (nSPS) is 15.2. The first kappa shape index (κ1) is 13.4. The molecule has 98 valence electrons. The van der Waals surface area contributed by atoms with Gasteiger partial charge in [0, 0.05) is 5.69 Å². The number of ether oxygens (including phenoxy) is 2. The van der Waals surface area contributed by atoms with E-state index in [2.05, 4.69) is 5.32 Å². The van der Waals surface area contributed by atoms with Crippen molar-refractivity contribution in [1.82, 2.24) is 0 Å². The molecule has 3 N–H and O–H groups in total. The van der Waals surface area contributed by atoms with Gasteiger partial charge in [-0.25, -0.2) is 0 Å². The van der Waals surface area contributed by atoms with Crippen LogP contribution in [-0.2, 0) is 14.3 Å². The van der Waals surface area contributed by atoms with Crippen molar-refractivity contribution < 1.29 is 14.3 Å². The zero-order valence-corrected chi connectivity index (χ0v) is 10.9. The fraction of sp³-hybridized carbons (Fsp3) is 0.364. The summed E-state index contributed by atoms with van der Waals surface area (Å²) in [6, 6.07) is 3.04. The number of benzene rings is 1. The Hall–Kier alpha value is -1.01. The van der Waals surface area contributed by atoms with E-state index in [4.69, 9.17) is 38.4 Å². The van der Waals surface area contributed by atoms with Gasteiger partial charge in [0.25, 0.3) is 0 Å². The molecule has 0 saturated carbocycles. The van der Waals surface area contributed by atoms with Crippen LogP contribution in [0.1, 0.15) is 0 Å². The Morgan fingerprint density at radius 2 is 2.06 bits per heavy atom. The minimum atomic E-state index is -0.324. The van der Waals surface area contributed by atoms with Crippen LogP contribution in [0.4, 0.5) is 11.4 Å². The third-order valence-corrected chi connectivity index (χ3v) is 2.98. The van der Waals surface area contributed by atoms with Crippen LogP contribution in [0.5, 0.6) is 0 Å². The molecule has 2 rings (SSSR count). The van der Waals surface area contributed by atoms with Crippen molar-refractivity contribution in [2.75, 3.05) is 30.9 Å². The van der Waals surface area contributed by atoms with Crippen LogP contribution in [0.2, 0.25) is 10.0 Å². The summed E-state index contributed by atoms with van der Waals surface area (Å²) in [7, 11) is 0. The Kier molecular flexibility index (Phi) is 4.29. The third kappa shape index (κ3) is 3.26. The van der Waals surface area contributed by atoms with Gasteiger partial charge in [0.1, 0.15) is 12.7 Å². The van der Waals surface area contributed by atoms with Crippen molar-refractivity contribution in [3.63, 3.8) is 0 Å². The van der Waals surface area contributed by atoms with Crippen LogP contribution in [0.15, 0.2) is 12.1 Å². The van der Waals surface area contributed by atoms with Crippen molar-refractivity contribution in [2.24, 2.45) is 0 Å². The number of anilines is 2. The first-order chi connectivity index (χ1) is 8.56. The van der Waals surface area contributed by atoms with Crippen molar-refractivity contribution >= 4 is 40.5 Å². The number of halogens is 2. The molecule has 1 saturated heterocycles. The molecule has 1 heterocycles. The molecule has 1 aliphatic rings. The molecule has 0 atom stereocenters. The SMILES string of the molecule is Nc1cc(Cl)c(NC(=O)COC2COC2)c(Cl)c1.